The summed E-state index contributed by atoms with van der Waals surface area (Å²) in [5.41, 5.74) is 2.83. The number of carbonyl (C=O) groups excluding carboxylic acids is 2. The highest BCUT2D eigenvalue weighted by Gasteiger charge is 2.33. The van der Waals surface area contributed by atoms with Gasteiger partial charge in [0.15, 0.2) is 0 Å². The zero-order valence-corrected chi connectivity index (χ0v) is 14.0. The number of amides is 2. The van der Waals surface area contributed by atoms with Crippen molar-refractivity contribution in [2.45, 2.75) is 38.8 Å². The second-order valence-corrected chi connectivity index (χ2v) is 6.43. The maximum Gasteiger partial charge on any atom is 0.232 e. The van der Waals surface area contributed by atoms with Crippen LogP contribution in [0.3, 0.4) is 0 Å². The number of fused-ring (bicyclic) bond motifs is 1. The summed E-state index contributed by atoms with van der Waals surface area (Å²) in [6, 6.07) is 17.6. The maximum atomic E-state index is 12.8. The molecule has 1 unspecified atom stereocenters. The summed E-state index contributed by atoms with van der Waals surface area (Å²) >= 11 is 0. The topological polar surface area (TPSA) is 49.4 Å². The summed E-state index contributed by atoms with van der Waals surface area (Å²) < 4.78 is 0. The number of anilines is 1. The molecular weight excluding hydrogens is 300 g/mol. The van der Waals surface area contributed by atoms with Crippen LogP contribution in [-0.2, 0) is 16.1 Å². The highest BCUT2D eigenvalue weighted by molar-refractivity contribution is 6.04. The van der Waals surface area contributed by atoms with Crippen LogP contribution in [0.1, 0.15) is 37.3 Å². The third-order valence-electron chi connectivity index (χ3n) is 4.43. The predicted molar refractivity (Wildman–Crippen MR) is 94.6 cm³/mol. The molecule has 0 radical (unpaired) electrons. The molecular formula is C20H22N2O2. The molecule has 124 valence electrons. The molecule has 4 heteroatoms. The van der Waals surface area contributed by atoms with Crippen LogP contribution in [0.4, 0.5) is 5.69 Å². The maximum absolute atomic E-state index is 12.8. The van der Waals surface area contributed by atoms with Crippen LogP contribution in [0.5, 0.6) is 0 Å². The van der Waals surface area contributed by atoms with Gasteiger partial charge in [0.25, 0.3) is 0 Å². The van der Waals surface area contributed by atoms with Crippen molar-refractivity contribution in [2.75, 3.05) is 5.32 Å². The van der Waals surface area contributed by atoms with Crippen LogP contribution in [0.2, 0.25) is 0 Å². The minimum atomic E-state index is -0.397. The predicted octanol–water partition coefficient (Wildman–Crippen LogP) is 3.55. The minimum absolute atomic E-state index is 0.00528. The second-order valence-electron chi connectivity index (χ2n) is 6.43. The molecule has 24 heavy (non-hydrogen) atoms. The Kier molecular flexibility index (Phi) is 4.65. The fourth-order valence-corrected chi connectivity index (χ4v) is 3.11. The molecule has 0 aromatic heterocycles. The van der Waals surface area contributed by atoms with Gasteiger partial charge in [0.05, 0.1) is 5.92 Å². The van der Waals surface area contributed by atoms with E-state index in [9.17, 15) is 9.59 Å². The van der Waals surface area contributed by atoms with Crippen LogP contribution in [-0.4, -0.2) is 22.8 Å². The smallest absolute Gasteiger partial charge is 0.232 e. The van der Waals surface area contributed by atoms with E-state index in [1.807, 2.05) is 73.3 Å². The van der Waals surface area contributed by atoms with Crippen molar-refractivity contribution in [1.82, 2.24) is 4.90 Å². The highest BCUT2D eigenvalue weighted by Crippen LogP contribution is 2.34. The van der Waals surface area contributed by atoms with Crippen molar-refractivity contribution < 1.29 is 9.59 Å². The highest BCUT2D eigenvalue weighted by atomic mass is 16.2. The quantitative estimate of drug-likeness (QED) is 0.915. The number of hydrogen-bond donors (Lipinski definition) is 1. The van der Waals surface area contributed by atoms with Crippen LogP contribution in [0.15, 0.2) is 54.6 Å². The van der Waals surface area contributed by atoms with E-state index in [0.717, 1.165) is 16.8 Å². The number of hydrogen-bond acceptors (Lipinski definition) is 2. The molecule has 1 N–H and O–H groups in total. The summed E-state index contributed by atoms with van der Waals surface area (Å²) in [5, 5.41) is 2.86. The van der Waals surface area contributed by atoms with E-state index >= 15 is 0 Å². The lowest BCUT2D eigenvalue weighted by Gasteiger charge is -2.28. The lowest BCUT2D eigenvalue weighted by molar-refractivity contribution is -0.135. The largest absolute Gasteiger partial charge is 0.336 e. The molecule has 1 aliphatic heterocycles. The van der Waals surface area contributed by atoms with Crippen molar-refractivity contribution in [3.63, 3.8) is 0 Å². The summed E-state index contributed by atoms with van der Waals surface area (Å²) in [4.78, 5) is 26.9. The Bertz CT molecular complexity index is 740. The normalized spacial score (nSPS) is 16.0. The molecule has 2 aromatic carbocycles. The van der Waals surface area contributed by atoms with E-state index in [1.54, 1.807) is 0 Å². The number of nitrogens with zero attached hydrogens (tertiary/aromatic N) is 1. The van der Waals surface area contributed by atoms with E-state index in [-0.39, 0.29) is 24.3 Å². The summed E-state index contributed by atoms with van der Waals surface area (Å²) in [6.45, 7) is 4.57. The van der Waals surface area contributed by atoms with Gasteiger partial charge in [0, 0.05) is 24.7 Å². The second kappa shape index (κ2) is 6.87. The molecule has 1 heterocycles. The standard InChI is InChI=1S/C20H22N2O2/c1-14(2)22(13-15-8-4-3-5-9-15)19(23)12-17-16-10-6-7-11-18(16)21-20(17)24/h3-11,14,17H,12-13H2,1-2H3,(H,21,24). The monoisotopic (exact) mass is 322 g/mol. The van der Waals surface area contributed by atoms with E-state index < -0.39 is 5.92 Å². The van der Waals surface area contributed by atoms with Gasteiger partial charge in [-0.3, -0.25) is 9.59 Å². The number of carbonyl (C=O) groups is 2. The van der Waals surface area contributed by atoms with E-state index in [0.29, 0.717) is 6.54 Å². The fraction of sp³-hybridized carbons (Fsp3) is 0.300. The van der Waals surface area contributed by atoms with Crippen LogP contribution in [0, 0.1) is 0 Å². The van der Waals surface area contributed by atoms with Crippen molar-refractivity contribution in [3.8, 4) is 0 Å². The van der Waals surface area contributed by atoms with Crippen molar-refractivity contribution >= 4 is 17.5 Å². The van der Waals surface area contributed by atoms with Gasteiger partial charge >= 0.3 is 0 Å². The Morgan fingerprint density at radius 1 is 1.08 bits per heavy atom. The van der Waals surface area contributed by atoms with Crippen molar-refractivity contribution in [1.29, 1.82) is 0 Å². The Balaban J connectivity index is 1.76. The first-order chi connectivity index (χ1) is 11.6. The minimum Gasteiger partial charge on any atom is -0.336 e. The summed E-state index contributed by atoms with van der Waals surface area (Å²) in [7, 11) is 0. The van der Waals surface area contributed by atoms with E-state index in [1.165, 1.54) is 0 Å². The molecule has 1 atom stereocenters. The van der Waals surface area contributed by atoms with Gasteiger partial charge in [-0.1, -0.05) is 48.5 Å². The first-order valence-electron chi connectivity index (χ1n) is 8.29. The zero-order chi connectivity index (χ0) is 17.1. The van der Waals surface area contributed by atoms with Gasteiger partial charge in [-0.05, 0) is 31.0 Å². The Morgan fingerprint density at radius 2 is 1.75 bits per heavy atom. The SMILES string of the molecule is CC(C)N(Cc1ccccc1)C(=O)CC1C(=O)Nc2ccccc21. The molecule has 4 nitrogen and oxygen atoms in total. The molecule has 0 aliphatic carbocycles. The summed E-state index contributed by atoms with van der Waals surface area (Å²) in [5.74, 6) is -0.482. The van der Waals surface area contributed by atoms with Gasteiger partial charge in [-0.15, -0.1) is 0 Å². The third kappa shape index (κ3) is 3.32. The fourth-order valence-electron chi connectivity index (χ4n) is 3.11. The molecule has 0 bridgehead atoms. The average molecular weight is 322 g/mol. The lowest BCUT2D eigenvalue weighted by Crippen LogP contribution is -2.37. The molecule has 0 fully saturated rings. The van der Waals surface area contributed by atoms with Crippen molar-refractivity contribution in [2.24, 2.45) is 0 Å². The van der Waals surface area contributed by atoms with E-state index in [4.69, 9.17) is 0 Å². The van der Waals surface area contributed by atoms with Gasteiger partial charge < -0.3 is 10.2 Å². The third-order valence-corrected chi connectivity index (χ3v) is 4.43. The van der Waals surface area contributed by atoms with Gasteiger partial charge in [0.2, 0.25) is 11.8 Å². The Hall–Kier alpha value is -2.62. The molecule has 0 saturated carbocycles. The van der Waals surface area contributed by atoms with Crippen LogP contribution < -0.4 is 5.32 Å². The molecule has 1 aliphatic rings. The molecule has 3 rings (SSSR count). The zero-order valence-electron chi connectivity index (χ0n) is 14.0. The number of rotatable bonds is 5. The number of benzene rings is 2. The van der Waals surface area contributed by atoms with Crippen LogP contribution in [0.25, 0.3) is 0 Å². The van der Waals surface area contributed by atoms with Crippen molar-refractivity contribution in [3.05, 3.63) is 65.7 Å². The van der Waals surface area contributed by atoms with Gasteiger partial charge in [-0.2, -0.15) is 0 Å². The first kappa shape index (κ1) is 16.2. The van der Waals surface area contributed by atoms with Gasteiger partial charge in [-0.25, -0.2) is 0 Å². The Labute approximate surface area is 142 Å². The average Bonchev–Trinajstić information content (AvgIpc) is 2.89. The van der Waals surface area contributed by atoms with Gasteiger partial charge in [0.1, 0.15) is 0 Å². The summed E-state index contributed by atoms with van der Waals surface area (Å²) in [6.07, 6.45) is 0.202. The van der Waals surface area contributed by atoms with E-state index in [2.05, 4.69) is 5.32 Å². The molecule has 2 aromatic rings. The lowest BCUT2D eigenvalue weighted by atomic mass is 9.96. The number of nitrogens with one attached hydrogen (secondary N) is 1. The Morgan fingerprint density at radius 3 is 2.46 bits per heavy atom. The first-order valence-corrected chi connectivity index (χ1v) is 8.29. The molecule has 2 amide bonds. The molecule has 0 saturated heterocycles. The number of para-hydroxylation sites is 1. The van der Waals surface area contributed by atoms with Crippen LogP contribution >= 0.6 is 0 Å². The molecule has 0 spiro atoms.